The van der Waals surface area contributed by atoms with E-state index in [4.69, 9.17) is 9.47 Å². The number of methoxy groups -OCH3 is 2. The van der Waals surface area contributed by atoms with Crippen molar-refractivity contribution in [2.24, 2.45) is 0 Å². The van der Waals surface area contributed by atoms with E-state index in [1.54, 1.807) is 38.7 Å². The van der Waals surface area contributed by atoms with Crippen molar-refractivity contribution in [2.45, 2.75) is 6.54 Å². The number of hydrogen-bond donors (Lipinski definition) is 1. The van der Waals surface area contributed by atoms with Crippen LogP contribution >= 0.6 is 0 Å². The van der Waals surface area contributed by atoms with Crippen molar-refractivity contribution < 1.29 is 14.3 Å². The molecule has 0 atom stereocenters. The van der Waals surface area contributed by atoms with Crippen LogP contribution in [0.2, 0.25) is 0 Å². The molecule has 6 heteroatoms. The molecule has 3 aromatic rings. The third-order valence-corrected chi connectivity index (χ3v) is 3.78. The highest BCUT2D eigenvalue weighted by molar-refractivity contribution is 5.95. The van der Waals surface area contributed by atoms with Gasteiger partial charge in [-0.1, -0.05) is 12.1 Å². The van der Waals surface area contributed by atoms with Gasteiger partial charge in [0.05, 0.1) is 31.6 Å². The van der Waals surface area contributed by atoms with E-state index in [2.05, 4.69) is 10.3 Å². The maximum absolute atomic E-state index is 12.3. The van der Waals surface area contributed by atoms with Gasteiger partial charge in [-0.2, -0.15) is 0 Å². The fourth-order valence-corrected chi connectivity index (χ4v) is 2.52. The lowest BCUT2D eigenvalue weighted by Crippen LogP contribution is -2.27. The van der Waals surface area contributed by atoms with Crippen molar-refractivity contribution >= 4 is 16.9 Å². The van der Waals surface area contributed by atoms with Gasteiger partial charge in [-0.05, 0) is 24.3 Å². The van der Waals surface area contributed by atoms with Gasteiger partial charge in [0, 0.05) is 24.7 Å². The van der Waals surface area contributed by atoms with E-state index in [9.17, 15) is 4.79 Å². The lowest BCUT2D eigenvalue weighted by atomic mass is 10.2. The number of nitrogens with zero attached hydrogens (tertiary/aromatic N) is 2. The number of nitrogens with one attached hydrogen (secondary N) is 1. The van der Waals surface area contributed by atoms with E-state index in [1.165, 1.54) is 0 Å². The van der Waals surface area contributed by atoms with Crippen LogP contribution in [0.25, 0.3) is 11.0 Å². The molecule has 124 valence electrons. The number of ether oxygens (including phenoxy) is 2. The second-order valence-corrected chi connectivity index (χ2v) is 5.28. The second kappa shape index (κ2) is 7.04. The lowest BCUT2D eigenvalue weighted by Gasteiger charge is -2.10. The van der Waals surface area contributed by atoms with Crippen molar-refractivity contribution in [3.8, 4) is 11.5 Å². The molecule has 24 heavy (non-hydrogen) atoms. The maximum atomic E-state index is 12.3. The van der Waals surface area contributed by atoms with Crippen molar-refractivity contribution in [2.75, 3.05) is 20.8 Å². The number of amides is 1. The van der Waals surface area contributed by atoms with Gasteiger partial charge in [0.2, 0.25) is 0 Å². The molecule has 0 fully saturated rings. The lowest BCUT2D eigenvalue weighted by molar-refractivity contribution is 0.0951. The van der Waals surface area contributed by atoms with Gasteiger partial charge in [0.15, 0.2) is 0 Å². The van der Waals surface area contributed by atoms with Gasteiger partial charge in [0.25, 0.3) is 5.91 Å². The molecule has 1 aromatic heterocycles. The third kappa shape index (κ3) is 3.32. The average molecular weight is 325 g/mol. The minimum absolute atomic E-state index is 0.170. The van der Waals surface area contributed by atoms with Crippen molar-refractivity contribution in [3.05, 3.63) is 54.4 Å². The summed E-state index contributed by atoms with van der Waals surface area (Å²) in [6.07, 6.45) is 1.78. The summed E-state index contributed by atoms with van der Waals surface area (Å²) in [5.74, 6) is 0.997. The van der Waals surface area contributed by atoms with E-state index in [0.717, 1.165) is 11.0 Å². The zero-order chi connectivity index (χ0) is 16.9. The highest BCUT2D eigenvalue weighted by Crippen LogP contribution is 2.22. The normalized spacial score (nSPS) is 10.6. The van der Waals surface area contributed by atoms with Gasteiger partial charge in [-0.15, -0.1) is 0 Å². The standard InChI is InChI=1S/C18H19N3O3/c1-23-14-9-13(10-15(11-14)24-2)18(22)19-7-8-21-12-20-16-5-3-4-6-17(16)21/h3-6,9-12H,7-8H2,1-2H3,(H,19,22). The monoisotopic (exact) mass is 325 g/mol. The van der Waals surface area contributed by atoms with Gasteiger partial charge >= 0.3 is 0 Å². The van der Waals surface area contributed by atoms with Gasteiger partial charge in [0.1, 0.15) is 11.5 Å². The van der Waals surface area contributed by atoms with E-state index in [1.807, 2.05) is 28.8 Å². The fourth-order valence-electron chi connectivity index (χ4n) is 2.52. The quantitative estimate of drug-likeness (QED) is 0.756. The molecular formula is C18H19N3O3. The number of para-hydroxylation sites is 2. The molecule has 0 saturated heterocycles. The number of carbonyl (C=O) groups is 1. The Hall–Kier alpha value is -3.02. The third-order valence-electron chi connectivity index (χ3n) is 3.78. The number of hydrogen-bond acceptors (Lipinski definition) is 4. The van der Waals surface area contributed by atoms with E-state index in [-0.39, 0.29) is 5.91 Å². The maximum Gasteiger partial charge on any atom is 0.251 e. The first kappa shape index (κ1) is 15.9. The summed E-state index contributed by atoms with van der Waals surface area (Å²) in [6, 6.07) is 13.0. The molecule has 0 bridgehead atoms. The molecule has 0 spiro atoms. The first-order valence-electron chi connectivity index (χ1n) is 7.62. The van der Waals surface area contributed by atoms with E-state index in [0.29, 0.717) is 30.2 Å². The number of aromatic nitrogens is 2. The number of benzene rings is 2. The predicted molar refractivity (Wildman–Crippen MR) is 91.6 cm³/mol. The van der Waals surface area contributed by atoms with Gasteiger partial charge in [-0.25, -0.2) is 4.98 Å². The average Bonchev–Trinajstić information content (AvgIpc) is 3.04. The zero-order valence-corrected chi connectivity index (χ0v) is 13.7. The smallest absolute Gasteiger partial charge is 0.251 e. The number of fused-ring (bicyclic) bond motifs is 1. The molecule has 0 aliphatic carbocycles. The summed E-state index contributed by atoms with van der Waals surface area (Å²) < 4.78 is 12.4. The van der Waals surface area contributed by atoms with Crippen LogP contribution in [-0.4, -0.2) is 36.2 Å². The highest BCUT2D eigenvalue weighted by Gasteiger charge is 2.10. The van der Waals surface area contributed by atoms with Crippen LogP contribution in [0, 0.1) is 0 Å². The van der Waals surface area contributed by atoms with E-state index < -0.39 is 0 Å². The zero-order valence-electron chi connectivity index (χ0n) is 13.7. The fraction of sp³-hybridized carbons (Fsp3) is 0.222. The summed E-state index contributed by atoms with van der Waals surface area (Å²) in [5.41, 5.74) is 2.50. The molecule has 0 radical (unpaired) electrons. The Bertz CT molecular complexity index is 835. The van der Waals surface area contributed by atoms with Crippen LogP contribution in [-0.2, 0) is 6.54 Å². The van der Waals surface area contributed by atoms with Crippen molar-refractivity contribution in [3.63, 3.8) is 0 Å². The molecule has 0 aliphatic heterocycles. The minimum Gasteiger partial charge on any atom is -0.497 e. The van der Waals surface area contributed by atoms with Crippen LogP contribution in [0.15, 0.2) is 48.8 Å². The predicted octanol–water partition coefficient (Wildman–Crippen LogP) is 2.48. The first-order valence-corrected chi connectivity index (χ1v) is 7.62. The molecule has 0 aliphatic rings. The summed E-state index contributed by atoms with van der Waals surface area (Å²) in [6.45, 7) is 1.14. The van der Waals surface area contributed by atoms with Crippen molar-refractivity contribution in [1.29, 1.82) is 0 Å². The summed E-state index contributed by atoms with van der Waals surface area (Å²) in [4.78, 5) is 16.7. The topological polar surface area (TPSA) is 65.4 Å². The van der Waals surface area contributed by atoms with Crippen LogP contribution in [0.1, 0.15) is 10.4 Å². The Balaban J connectivity index is 1.65. The summed E-state index contributed by atoms with van der Waals surface area (Å²) in [5, 5.41) is 2.91. The molecule has 3 rings (SSSR count). The molecule has 6 nitrogen and oxygen atoms in total. The SMILES string of the molecule is COc1cc(OC)cc(C(=O)NCCn2cnc3ccccc32)c1. The Morgan fingerprint density at radius 2 is 1.83 bits per heavy atom. The Morgan fingerprint density at radius 1 is 1.12 bits per heavy atom. The summed E-state index contributed by atoms with van der Waals surface area (Å²) >= 11 is 0. The van der Waals surface area contributed by atoms with Crippen LogP contribution in [0.4, 0.5) is 0 Å². The van der Waals surface area contributed by atoms with Crippen LogP contribution < -0.4 is 14.8 Å². The Kier molecular flexibility index (Phi) is 4.65. The summed E-state index contributed by atoms with van der Waals surface area (Å²) in [7, 11) is 3.11. The Morgan fingerprint density at radius 3 is 2.54 bits per heavy atom. The second-order valence-electron chi connectivity index (χ2n) is 5.28. The minimum atomic E-state index is -0.170. The number of carbonyl (C=O) groups excluding carboxylic acids is 1. The van der Waals surface area contributed by atoms with Gasteiger partial charge < -0.3 is 19.4 Å². The molecular weight excluding hydrogens is 306 g/mol. The largest absolute Gasteiger partial charge is 0.497 e. The first-order chi connectivity index (χ1) is 11.7. The molecule has 0 unspecified atom stereocenters. The van der Waals surface area contributed by atoms with Gasteiger partial charge in [-0.3, -0.25) is 4.79 Å². The Labute approximate surface area is 140 Å². The molecule has 1 amide bonds. The number of imidazole rings is 1. The molecule has 2 aromatic carbocycles. The van der Waals surface area contributed by atoms with Crippen molar-refractivity contribution in [1.82, 2.24) is 14.9 Å². The van der Waals surface area contributed by atoms with Crippen LogP contribution in [0.5, 0.6) is 11.5 Å². The van der Waals surface area contributed by atoms with Crippen LogP contribution in [0.3, 0.4) is 0 Å². The highest BCUT2D eigenvalue weighted by atomic mass is 16.5. The van der Waals surface area contributed by atoms with E-state index >= 15 is 0 Å². The molecule has 0 saturated carbocycles. The molecule has 1 N–H and O–H groups in total. The number of rotatable bonds is 6. The molecule has 1 heterocycles.